The highest BCUT2D eigenvalue weighted by Crippen LogP contribution is 2.12. The number of aromatic nitrogens is 3. The van der Waals surface area contributed by atoms with E-state index in [1.54, 1.807) is 29.2 Å². The zero-order valence-corrected chi connectivity index (χ0v) is 10.6. The SMILES string of the molecule is O=C(NCCn1cccn1)c1ncccc1Br. The molecule has 1 N–H and O–H groups in total. The van der Waals surface area contributed by atoms with Crippen LogP contribution in [0.3, 0.4) is 0 Å². The second-order valence-corrected chi connectivity index (χ2v) is 4.21. The predicted octanol–water partition coefficient (Wildman–Crippen LogP) is 1.47. The molecule has 2 aromatic heterocycles. The van der Waals surface area contributed by atoms with E-state index < -0.39 is 0 Å². The van der Waals surface area contributed by atoms with Crippen molar-refractivity contribution in [3.63, 3.8) is 0 Å². The molecule has 1 amide bonds. The van der Waals surface area contributed by atoms with Crippen molar-refractivity contribution >= 4 is 21.8 Å². The number of hydrogen-bond donors (Lipinski definition) is 1. The Morgan fingerprint density at radius 2 is 2.29 bits per heavy atom. The van der Waals surface area contributed by atoms with Crippen molar-refractivity contribution < 1.29 is 4.79 Å². The van der Waals surface area contributed by atoms with Crippen molar-refractivity contribution in [3.8, 4) is 0 Å². The first-order valence-electron chi connectivity index (χ1n) is 5.13. The molecule has 0 unspecified atom stereocenters. The molecule has 2 aromatic rings. The Morgan fingerprint density at radius 3 is 3.00 bits per heavy atom. The molecule has 0 saturated carbocycles. The van der Waals surface area contributed by atoms with Crippen molar-refractivity contribution in [2.45, 2.75) is 6.54 Å². The predicted molar refractivity (Wildman–Crippen MR) is 66.5 cm³/mol. The van der Waals surface area contributed by atoms with E-state index in [4.69, 9.17) is 0 Å². The van der Waals surface area contributed by atoms with Gasteiger partial charge >= 0.3 is 0 Å². The van der Waals surface area contributed by atoms with Crippen LogP contribution in [0.15, 0.2) is 41.3 Å². The summed E-state index contributed by atoms with van der Waals surface area (Å²) in [7, 11) is 0. The molecule has 88 valence electrons. The number of hydrogen-bond acceptors (Lipinski definition) is 3. The van der Waals surface area contributed by atoms with Crippen molar-refractivity contribution in [1.82, 2.24) is 20.1 Å². The fraction of sp³-hybridized carbons (Fsp3) is 0.182. The monoisotopic (exact) mass is 294 g/mol. The van der Waals surface area contributed by atoms with E-state index in [-0.39, 0.29) is 5.91 Å². The van der Waals surface area contributed by atoms with Crippen LogP contribution in [0, 0.1) is 0 Å². The summed E-state index contributed by atoms with van der Waals surface area (Å²) in [6, 6.07) is 5.40. The largest absolute Gasteiger partial charge is 0.349 e. The van der Waals surface area contributed by atoms with Crippen molar-refractivity contribution in [2.24, 2.45) is 0 Å². The maximum absolute atomic E-state index is 11.8. The summed E-state index contributed by atoms with van der Waals surface area (Å²) >= 11 is 3.29. The van der Waals surface area contributed by atoms with E-state index in [1.807, 2.05) is 12.3 Å². The highest BCUT2D eigenvalue weighted by molar-refractivity contribution is 9.10. The van der Waals surface area contributed by atoms with Gasteiger partial charge in [-0.2, -0.15) is 5.10 Å². The molecule has 0 fully saturated rings. The molecule has 0 aliphatic heterocycles. The van der Waals surface area contributed by atoms with Gasteiger partial charge in [0, 0.05) is 29.6 Å². The van der Waals surface area contributed by atoms with E-state index in [1.165, 1.54) is 0 Å². The Hall–Kier alpha value is -1.69. The minimum atomic E-state index is -0.190. The van der Waals surface area contributed by atoms with E-state index >= 15 is 0 Å². The number of carbonyl (C=O) groups is 1. The number of nitrogens with zero attached hydrogens (tertiary/aromatic N) is 3. The molecule has 0 radical (unpaired) electrons. The van der Waals surface area contributed by atoms with Gasteiger partial charge in [-0.1, -0.05) is 0 Å². The van der Waals surface area contributed by atoms with E-state index in [0.717, 1.165) is 0 Å². The van der Waals surface area contributed by atoms with Gasteiger partial charge in [0.05, 0.1) is 6.54 Å². The first-order chi connectivity index (χ1) is 8.27. The maximum atomic E-state index is 11.8. The molecule has 2 heterocycles. The summed E-state index contributed by atoms with van der Waals surface area (Å²) in [6.45, 7) is 1.16. The second-order valence-electron chi connectivity index (χ2n) is 3.36. The third-order valence-electron chi connectivity index (χ3n) is 2.16. The minimum Gasteiger partial charge on any atom is -0.349 e. The number of rotatable bonds is 4. The van der Waals surface area contributed by atoms with Crippen LogP contribution in [0.25, 0.3) is 0 Å². The van der Waals surface area contributed by atoms with Crippen LogP contribution in [0.4, 0.5) is 0 Å². The molecule has 0 aliphatic carbocycles. The molecule has 0 bridgehead atoms. The summed E-state index contributed by atoms with van der Waals surface area (Å²) < 4.78 is 2.45. The van der Waals surface area contributed by atoms with Crippen LogP contribution in [-0.2, 0) is 6.54 Å². The Bertz CT molecular complexity index is 498. The van der Waals surface area contributed by atoms with Gasteiger partial charge in [-0.3, -0.25) is 9.48 Å². The van der Waals surface area contributed by atoms with Crippen molar-refractivity contribution in [3.05, 3.63) is 47.0 Å². The third kappa shape index (κ3) is 3.13. The smallest absolute Gasteiger partial charge is 0.271 e. The van der Waals surface area contributed by atoms with Gasteiger partial charge in [0.25, 0.3) is 5.91 Å². The third-order valence-corrected chi connectivity index (χ3v) is 2.80. The van der Waals surface area contributed by atoms with Crippen molar-refractivity contribution in [1.29, 1.82) is 0 Å². The van der Waals surface area contributed by atoms with E-state index in [0.29, 0.717) is 23.3 Å². The lowest BCUT2D eigenvalue weighted by Crippen LogP contribution is -2.28. The quantitative estimate of drug-likeness (QED) is 0.929. The van der Waals surface area contributed by atoms with Crippen LogP contribution >= 0.6 is 15.9 Å². The van der Waals surface area contributed by atoms with Gasteiger partial charge in [-0.25, -0.2) is 4.98 Å². The van der Waals surface area contributed by atoms with E-state index in [9.17, 15) is 4.79 Å². The zero-order chi connectivity index (χ0) is 12.1. The number of carbonyl (C=O) groups excluding carboxylic acids is 1. The molecule has 0 aromatic carbocycles. The molecule has 5 nitrogen and oxygen atoms in total. The Kier molecular flexibility index (Phi) is 3.87. The van der Waals surface area contributed by atoms with Gasteiger partial charge < -0.3 is 5.32 Å². The molecule has 17 heavy (non-hydrogen) atoms. The van der Waals surface area contributed by atoms with E-state index in [2.05, 4.69) is 31.3 Å². The number of halogens is 1. The Morgan fingerprint density at radius 1 is 1.41 bits per heavy atom. The van der Waals surface area contributed by atoms with Gasteiger partial charge in [-0.05, 0) is 34.1 Å². The maximum Gasteiger partial charge on any atom is 0.271 e. The lowest BCUT2D eigenvalue weighted by molar-refractivity contribution is 0.0946. The molecule has 6 heteroatoms. The lowest BCUT2D eigenvalue weighted by Gasteiger charge is -2.05. The summed E-state index contributed by atoms with van der Waals surface area (Å²) in [5.74, 6) is -0.190. The van der Waals surface area contributed by atoms with Crippen LogP contribution < -0.4 is 5.32 Å². The normalized spacial score (nSPS) is 10.2. The average molecular weight is 295 g/mol. The molecule has 0 aliphatic rings. The fourth-order valence-electron chi connectivity index (χ4n) is 1.35. The molecule has 0 saturated heterocycles. The summed E-state index contributed by atoms with van der Waals surface area (Å²) in [5.41, 5.74) is 0.396. The highest BCUT2D eigenvalue weighted by atomic mass is 79.9. The van der Waals surface area contributed by atoms with Crippen LogP contribution in [-0.4, -0.2) is 27.2 Å². The van der Waals surface area contributed by atoms with Crippen molar-refractivity contribution in [2.75, 3.05) is 6.54 Å². The molecule has 0 atom stereocenters. The number of amides is 1. The number of pyridine rings is 1. The topological polar surface area (TPSA) is 59.8 Å². The Labute approximate surface area is 107 Å². The first-order valence-corrected chi connectivity index (χ1v) is 5.93. The summed E-state index contributed by atoms with van der Waals surface area (Å²) in [6.07, 6.45) is 5.15. The second kappa shape index (κ2) is 5.58. The molecular formula is C11H11BrN4O. The van der Waals surface area contributed by atoms with Crippen LogP contribution in [0.2, 0.25) is 0 Å². The van der Waals surface area contributed by atoms with Crippen LogP contribution in [0.1, 0.15) is 10.5 Å². The van der Waals surface area contributed by atoms with Gasteiger partial charge in [-0.15, -0.1) is 0 Å². The molecule has 0 spiro atoms. The lowest BCUT2D eigenvalue weighted by atomic mass is 10.3. The number of nitrogens with one attached hydrogen (secondary N) is 1. The average Bonchev–Trinajstić information content (AvgIpc) is 2.82. The van der Waals surface area contributed by atoms with Gasteiger partial charge in [0.15, 0.2) is 0 Å². The standard InChI is InChI=1S/C11H11BrN4O/c12-9-3-1-4-13-10(9)11(17)14-6-8-16-7-2-5-15-16/h1-5,7H,6,8H2,(H,14,17). The fourth-order valence-corrected chi connectivity index (χ4v) is 1.79. The molecular weight excluding hydrogens is 284 g/mol. The van der Waals surface area contributed by atoms with Crippen LogP contribution in [0.5, 0.6) is 0 Å². The summed E-state index contributed by atoms with van der Waals surface area (Å²) in [4.78, 5) is 15.8. The first kappa shape index (κ1) is 11.8. The highest BCUT2D eigenvalue weighted by Gasteiger charge is 2.09. The Balaban J connectivity index is 1.88. The molecule has 2 rings (SSSR count). The van der Waals surface area contributed by atoms with Gasteiger partial charge in [0.2, 0.25) is 0 Å². The summed E-state index contributed by atoms with van der Waals surface area (Å²) in [5, 5.41) is 6.83. The minimum absolute atomic E-state index is 0.190. The van der Waals surface area contributed by atoms with Gasteiger partial charge in [0.1, 0.15) is 5.69 Å². The zero-order valence-electron chi connectivity index (χ0n) is 9.01.